The first-order valence-electron chi connectivity index (χ1n) is 5.44. The van der Waals surface area contributed by atoms with Crippen molar-refractivity contribution >= 4 is 22.6 Å². The third-order valence-electron chi connectivity index (χ3n) is 2.53. The molecule has 1 aliphatic heterocycles. The van der Waals surface area contributed by atoms with Gasteiger partial charge in [-0.3, -0.25) is 4.99 Å². The van der Waals surface area contributed by atoms with Crippen LogP contribution in [0.25, 0.3) is 0 Å². The lowest BCUT2D eigenvalue weighted by atomic mass is 10.3. The molecule has 0 fully saturated rings. The summed E-state index contributed by atoms with van der Waals surface area (Å²) in [6.45, 7) is 2.17. The predicted octanol–water partition coefficient (Wildman–Crippen LogP) is 2.99. The summed E-state index contributed by atoms with van der Waals surface area (Å²) < 4.78 is 5.28. The summed E-state index contributed by atoms with van der Waals surface area (Å²) >= 11 is 1.77. The zero-order valence-corrected chi connectivity index (χ0v) is 10.4. The van der Waals surface area contributed by atoms with Gasteiger partial charge in [0.2, 0.25) is 0 Å². The molecule has 0 aromatic heterocycles. The van der Waals surface area contributed by atoms with E-state index in [1.54, 1.807) is 18.9 Å². The number of nitrogens with one attached hydrogen (secondary N) is 1. The number of aliphatic imine (C=N–C) groups is 1. The Morgan fingerprint density at radius 3 is 3.00 bits per heavy atom. The van der Waals surface area contributed by atoms with E-state index in [1.807, 2.05) is 24.3 Å². The molecule has 1 N–H and O–H groups in total. The zero-order chi connectivity index (χ0) is 11.4. The molecular formula is C12H16N2OS. The topological polar surface area (TPSA) is 33.6 Å². The second kappa shape index (κ2) is 5.25. The van der Waals surface area contributed by atoms with E-state index in [4.69, 9.17) is 4.74 Å². The fourth-order valence-corrected chi connectivity index (χ4v) is 2.62. The second-order valence-corrected chi connectivity index (χ2v) is 4.64. The van der Waals surface area contributed by atoms with Crippen molar-refractivity contribution in [3.63, 3.8) is 0 Å². The van der Waals surface area contributed by atoms with Gasteiger partial charge in [-0.1, -0.05) is 30.8 Å². The molecular weight excluding hydrogens is 220 g/mol. The SMILES string of the molecule is CCC1CSC(Nc2ccccc2OC)=N1. The van der Waals surface area contributed by atoms with Gasteiger partial charge in [-0.25, -0.2) is 0 Å². The quantitative estimate of drug-likeness (QED) is 0.876. The van der Waals surface area contributed by atoms with Crippen LogP contribution in [0.15, 0.2) is 29.3 Å². The molecule has 0 radical (unpaired) electrons. The second-order valence-electron chi connectivity index (χ2n) is 3.63. The molecule has 0 saturated heterocycles. The van der Waals surface area contributed by atoms with E-state index in [1.165, 1.54) is 0 Å². The van der Waals surface area contributed by atoms with Gasteiger partial charge in [-0.15, -0.1) is 0 Å². The van der Waals surface area contributed by atoms with E-state index in [0.29, 0.717) is 6.04 Å². The molecule has 1 unspecified atom stereocenters. The first-order chi connectivity index (χ1) is 7.83. The van der Waals surface area contributed by atoms with Gasteiger partial charge in [0.25, 0.3) is 0 Å². The third kappa shape index (κ3) is 2.50. The minimum absolute atomic E-state index is 0.460. The lowest BCUT2D eigenvalue weighted by Crippen LogP contribution is -2.06. The van der Waals surface area contributed by atoms with Crippen LogP contribution in [0.3, 0.4) is 0 Å². The smallest absolute Gasteiger partial charge is 0.161 e. The van der Waals surface area contributed by atoms with Crippen molar-refractivity contribution in [2.24, 2.45) is 4.99 Å². The minimum atomic E-state index is 0.460. The number of nitrogens with zero attached hydrogens (tertiary/aromatic N) is 1. The molecule has 16 heavy (non-hydrogen) atoms. The number of hydrogen-bond donors (Lipinski definition) is 1. The Morgan fingerprint density at radius 2 is 2.31 bits per heavy atom. The summed E-state index contributed by atoms with van der Waals surface area (Å²) in [4.78, 5) is 4.59. The summed E-state index contributed by atoms with van der Waals surface area (Å²) in [7, 11) is 1.68. The summed E-state index contributed by atoms with van der Waals surface area (Å²) in [5, 5.41) is 4.31. The number of rotatable bonds is 3. The molecule has 3 nitrogen and oxygen atoms in total. The van der Waals surface area contributed by atoms with Crippen LogP contribution in [-0.4, -0.2) is 24.1 Å². The fourth-order valence-electron chi connectivity index (χ4n) is 1.56. The average molecular weight is 236 g/mol. The van der Waals surface area contributed by atoms with Gasteiger partial charge in [0, 0.05) is 5.75 Å². The van der Waals surface area contributed by atoms with Crippen molar-refractivity contribution in [1.29, 1.82) is 0 Å². The molecule has 0 aliphatic carbocycles. The van der Waals surface area contributed by atoms with Crippen molar-refractivity contribution in [3.05, 3.63) is 24.3 Å². The number of para-hydroxylation sites is 2. The van der Waals surface area contributed by atoms with Crippen LogP contribution in [0, 0.1) is 0 Å². The monoisotopic (exact) mass is 236 g/mol. The van der Waals surface area contributed by atoms with Gasteiger partial charge >= 0.3 is 0 Å². The highest BCUT2D eigenvalue weighted by Crippen LogP contribution is 2.27. The molecule has 1 atom stereocenters. The van der Waals surface area contributed by atoms with Gasteiger partial charge in [0.05, 0.1) is 18.8 Å². The Hall–Kier alpha value is -1.16. The van der Waals surface area contributed by atoms with E-state index in [-0.39, 0.29) is 0 Å². The van der Waals surface area contributed by atoms with E-state index < -0.39 is 0 Å². The predicted molar refractivity (Wildman–Crippen MR) is 70.6 cm³/mol. The Labute approximate surface area is 100 Å². The Bertz CT molecular complexity index is 392. The van der Waals surface area contributed by atoms with Crippen molar-refractivity contribution in [2.45, 2.75) is 19.4 Å². The summed E-state index contributed by atoms with van der Waals surface area (Å²) in [5.41, 5.74) is 0.980. The number of hydrogen-bond acceptors (Lipinski definition) is 4. The van der Waals surface area contributed by atoms with Crippen LogP contribution in [0.1, 0.15) is 13.3 Å². The van der Waals surface area contributed by atoms with Crippen molar-refractivity contribution in [1.82, 2.24) is 0 Å². The number of ether oxygens (including phenoxy) is 1. The normalized spacial score (nSPS) is 19.4. The molecule has 1 aliphatic rings. The van der Waals surface area contributed by atoms with Crippen molar-refractivity contribution in [2.75, 3.05) is 18.2 Å². The van der Waals surface area contributed by atoms with Gasteiger partial charge < -0.3 is 10.1 Å². The summed E-state index contributed by atoms with van der Waals surface area (Å²) in [6, 6.07) is 8.36. The highest BCUT2D eigenvalue weighted by Gasteiger charge is 2.17. The molecule has 0 spiro atoms. The highest BCUT2D eigenvalue weighted by molar-refractivity contribution is 8.14. The molecule has 1 aromatic carbocycles. The summed E-state index contributed by atoms with van der Waals surface area (Å²) in [5.74, 6) is 1.93. The van der Waals surface area contributed by atoms with Crippen LogP contribution in [0.2, 0.25) is 0 Å². The molecule has 1 aromatic rings. The number of amidine groups is 1. The van der Waals surface area contributed by atoms with Gasteiger partial charge in [0.15, 0.2) is 5.17 Å². The van der Waals surface area contributed by atoms with Gasteiger partial charge in [-0.05, 0) is 18.6 Å². The number of anilines is 1. The van der Waals surface area contributed by atoms with E-state index >= 15 is 0 Å². The average Bonchev–Trinajstić information content (AvgIpc) is 2.77. The van der Waals surface area contributed by atoms with E-state index in [2.05, 4.69) is 17.2 Å². The maximum atomic E-state index is 5.28. The Balaban J connectivity index is 2.09. The molecule has 4 heteroatoms. The van der Waals surface area contributed by atoms with E-state index in [0.717, 1.165) is 28.8 Å². The maximum Gasteiger partial charge on any atom is 0.161 e. The fraction of sp³-hybridized carbons (Fsp3) is 0.417. The molecule has 0 bridgehead atoms. The van der Waals surface area contributed by atoms with Gasteiger partial charge in [0.1, 0.15) is 5.75 Å². The first-order valence-corrected chi connectivity index (χ1v) is 6.42. The third-order valence-corrected chi connectivity index (χ3v) is 3.56. The molecule has 0 saturated carbocycles. The zero-order valence-electron chi connectivity index (χ0n) is 9.56. The number of thioether (sulfide) groups is 1. The summed E-state index contributed by atoms with van der Waals surface area (Å²) in [6.07, 6.45) is 1.10. The number of benzene rings is 1. The highest BCUT2D eigenvalue weighted by atomic mass is 32.2. The van der Waals surface area contributed by atoms with Crippen LogP contribution in [0.4, 0.5) is 5.69 Å². The minimum Gasteiger partial charge on any atom is -0.495 e. The van der Waals surface area contributed by atoms with Crippen LogP contribution >= 0.6 is 11.8 Å². The van der Waals surface area contributed by atoms with E-state index in [9.17, 15) is 0 Å². The van der Waals surface area contributed by atoms with Crippen molar-refractivity contribution in [3.8, 4) is 5.75 Å². The van der Waals surface area contributed by atoms with Crippen LogP contribution < -0.4 is 10.1 Å². The Kier molecular flexibility index (Phi) is 3.72. The largest absolute Gasteiger partial charge is 0.495 e. The molecule has 86 valence electrons. The first kappa shape index (κ1) is 11.3. The lowest BCUT2D eigenvalue weighted by molar-refractivity contribution is 0.417. The number of methoxy groups -OCH3 is 1. The maximum absolute atomic E-state index is 5.28. The van der Waals surface area contributed by atoms with Gasteiger partial charge in [-0.2, -0.15) is 0 Å². The van der Waals surface area contributed by atoms with Crippen LogP contribution in [0.5, 0.6) is 5.75 Å². The molecule has 1 heterocycles. The standard InChI is InChI=1S/C12H16N2OS/c1-3-9-8-16-12(13-9)14-10-6-4-5-7-11(10)15-2/h4-7,9H,3,8H2,1-2H3,(H,13,14). The lowest BCUT2D eigenvalue weighted by Gasteiger charge is -2.09. The van der Waals surface area contributed by atoms with Crippen molar-refractivity contribution < 1.29 is 4.74 Å². The Morgan fingerprint density at radius 1 is 1.50 bits per heavy atom. The van der Waals surface area contributed by atoms with Crippen LogP contribution in [-0.2, 0) is 0 Å². The molecule has 2 rings (SSSR count). The molecule has 0 amide bonds.